The third kappa shape index (κ3) is 1.80. The number of aliphatic hydroxyl groups excluding tert-OH is 2. The summed E-state index contributed by atoms with van der Waals surface area (Å²) < 4.78 is 0. The fourth-order valence-electron chi connectivity index (χ4n) is 2.27. The van der Waals surface area contributed by atoms with Crippen LogP contribution in [0.1, 0.15) is 67.0 Å². The Labute approximate surface area is 123 Å². The van der Waals surface area contributed by atoms with E-state index in [0.29, 0.717) is 31.3 Å². The van der Waals surface area contributed by atoms with Gasteiger partial charge in [0, 0.05) is 16.0 Å². The van der Waals surface area contributed by atoms with Crippen molar-refractivity contribution in [2.75, 3.05) is 0 Å². The van der Waals surface area contributed by atoms with Crippen LogP contribution in [0.2, 0.25) is 0 Å². The van der Waals surface area contributed by atoms with Gasteiger partial charge in [-0.15, -0.1) is 22.7 Å². The van der Waals surface area contributed by atoms with Crippen LogP contribution in [0.5, 0.6) is 0 Å². The van der Waals surface area contributed by atoms with Gasteiger partial charge in [-0.1, -0.05) is 0 Å². The monoisotopic (exact) mass is 308 g/mol. The normalized spacial score (nSPS) is 16.8. The molecule has 2 atom stereocenters. The largest absolute Gasteiger partial charge is 0.389 e. The van der Waals surface area contributed by atoms with Crippen molar-refractivity contribution in [3.63, 3.8) is 0 Å². The number of thiophene rings is 2. The van der Waals surface area contributed by atoms with Crippen molar-refractivity contribution in [2.24, 2.45) is 0 Å². The molecule has 0 fully saturated rings. The maximum absolute atomic E-state index is 12.5. The molecule has 0 saturated heterocycles. The van der Waals surface area contributed by atoms with E-state index in [1.54, 1.807) is 25.3 Å². The van der Waals surface area contributed by atoms with E-state index in [4.69, 9.17) is 0 Å². The topological polar surface area (TPSA) is 74.6 Å². The highest BCUT2D eigenvalue weighted by atomic mass is 32.1. The zero-order chi connectivity index (χ0) is 14.6. The van der Waals surface area contributed by atoms with Crippen molar-refractivity contribution in [1.82, 2.24) is 0 Å². The molecule has 0 unspecified atom stereocenters. The molecule has 1 aliphatic carbocycles. The predicted molar refractivity (Wildman–Crippen MR) is 76.8 cm³/mol. The predicted octanol–water partition coefficient (Wildman–Crippen LogP) is 2.69. The summed E-state index contributed by atoms with van der Waals surface area (Å²) in [4.78, 5) is 26.4. The second-order valence-electron chi connectivity index (χ2n) is 4.80. The Kier molecular flexibility index (Phi) is 3.13. The first-order chi connectivity index (χ1) is 9.41. The molecular formula is C14H12O4S2. The third-order valence-corrected chi connectivity index (χ3v) is 5.62. The second-order valence-corrected chi connectivity index (χ2v) is 6.76. The quantitative estimate of drug-likeness (QED) is 0.763. The fourth-order valence-corrected chi connectivity index (χ4v) is 4.47. The summed E-state index contributed by atoms with van der Waals surface area (Å²) >= 11 is 2.35. The summed E-state index contributed by atoms with van der Waals surface area (Å²) in [7, 11) is 0. The molecular weight excluding hydrogens is 296 g/mol. The highest BCUT2D eigenvalue weighted by molar-refractivity contribution is 7.18. The summed E-state index contributed by atoms with van der Waals surface area (Å²) in [6.07, 6.45) is -1.50. The smallest absolute Gasteiger partial charge is 0.214 e. The van der Waals surface area contributed by atoms with E-state index >= 15 is 0 Å². The van der Waals surface area contributed by atoms with Crippen molar-refractivity contribution in [1.29, 1.82) is 0 Å². The molecule has 0 radical (unpaired) electrons. The standard InChI is InChI=1S/C14H12O4S2/c1-5(15)8-4-19-14-10(8)11(17)7-3-9(6(2)16)20-13(7)12(14)18/h3-6,15-16H,1-2H3/t5-,6+/m1/s1. The Hall–Kier alpha value is -1.34. The molecule has 0 amide bonds. The molecule has 6 heteroatoms. The molecule has 2 aromatic rings. The minimum absolute atomic E-state index is 0.191. The Morgan fingerprint density at radius 1 is 1.05 bits per heavy atom. The van der Waals surface area contributed by atoms with Crippen LogP contribution < -0.4 is 0 Å². The lowest BCUT2D eigenvalue weighted by molar-refractivity contribution is 0.0981. The molecule has 3 rings (SSSR count). The summed E-state index contributed by atoms with van der Waals surface area (Å²) in [6, 6.07) is 1.58. The summed E-state index contributed by atoms with van der Waals surface area (Å²) in [5.41, 5.74) is 1.15. The van der Waals surface area contributed by atoms with Crippen LogP contribution in [0.25, 0.3) is 0 Å². The number of carbonyl (C=O) groups is 2. The Bertz CT molecular complexity index is 718. The molecule has 0 spiro atoms. The molecule has 2 aromatic heterocycles. The van der Waals surface area contributed by atoms with Crippen LogP contribution in [-0.4, -0.2) is 21.8 Å². The van der Waals surface area contributed by atoms with E-state index in [1.165, 1.54) is 11.3 Å². The molecule has 0 aromatic carbocycles. The lowest BCUT2D eigenvalue weighted by Gasteiger charge is -2.12. The first-order valence-corrected chi connectivity index (χ1v) is 7.82. The van der Waals surface area contributed by atoms with Crippen molar-refractivity contribution in [2.45, 2.75) is 26.1 Å². The average Bonchev–Trinajstić information content (AvgIpc) is 3.00. The molecule has 2 N–H and O–H groups in total. The van der Waals surface area contributed by atoms with Crippen molar-refractivity contribution in [3.05, 3.63) is 42.8 Å². The van der Waals surface area contributed by atoms with E-state index in [2.05, 4.69) is 0 Å². The minimum atomic E-state index is -0.789. The highest BCUT2D eigenvalue weighted by Gasteiger charge is 2.36. The lowest BCUT2D eigenvalue weighted by Crippen LogP contribution is -2.18. The van der Waals surface area contributed by atoms with Crippen LogP contribution in [-0.2, 0) is 0 Å². The first-order valence-electron chi connectivity index (χ1n) is 6.12. The Balaban J connectivity index is 2.21. The number of hydrogen-bond donors (Lipinski definition) is 2. The SMILES string of the molecule is C[C@H](O)c1cc2c(s1)C(=O)c1scc([C@@H](C)O)c1C2=O. The number of fused-ring (bicyclic) bond motifs is 2. The number of aliphatic hydroxyl groups is 2. The van der Waals surface area contributed by atoms with Gasteiger partial charge in [-0.25, -0.2) is 0 Å². The molecule has 20 heavy (non-hydrogen) atoms. The maximum atomic E-state index is 12.5. The van der Waals surface area contributed by atoms with Crippen molar-refractivity contribution >= 4 is 34.2 Å². The van der Waals surface area contributed by atoms with E-state index in [-0.39, 0.29) is 11.6 Å². The summed E-state index contributed by atoms with van der Waals surface area (Å²) in [6.45, 7) is 3.17. The van der Waals surface area contributed by atoms with Gasteiger partial charge in [-0.2, -0.15) is 0 Å². The molecule has 2 heterocycles. The summed E-state index contributed by atoms with van der Waals surface area (Å²) in [5.74, 6) is -0.432. The van der Waals surface area contributed by atoms with Crippen LogP contribution in [0, 0.1) is 0 Å². The van der Waals surface area contributed by atoms with Gasteiger partial charge in [0.05, 0.1) is 27.5 Å². The first kappa shape index (κ1) is 13.6. The molecule has 0 bridgehead atoms. The number of ketones is 2. The molecule has 4 nitrogen and oxygen atoms in total. The van der Waals surface area contributed by atoms with Gasteiger partial charge in [-0.3, -0.25) is 9.59 Å². The van der Waals surface area contributed by atoms with Gasteiger partial charge in [0.25, 0.3) is 0 Å². The number of carbonyl (C=O) groups excluding carboxylic acids is 2. The minimum Gasteiger partial charge on any atom is -0.389 e. The molecule has 1 aliphatic rings. The van der Waals surface area contributed by atoms with E-state index in [1.807, 2.05) is 0 Å². The fraction of sp³-hybridized carbons (Fsp3) is 0.286. The molecule has 0 aliphatic heterocycles. The lowest BCUT2D eigenvalue weighted by atomic mass is 9.91. The Morgan fingerprint density at radius 3 is 2.35 bits per heavy atom. The van der Waals surface area contributed by atoms with Gasteiger partial charge < -0.3 is 10.2 Å². The maximum Gasteiger partial charge on any atom is 0.214 e. The average molecular weight is 308 g/mol. The number of rotatable bonds is 2. The van der Waals surface area contributed by atoms with Crippen LogP contribution in [0.3, 0.4) is 0 Å². The van der Waals surface area contributed by atoms with E-state index in [9.17, 15) is 19.8 Å². The van der Waals surface area contributed by atoms with E-state index < -0.39 is 12.2 Å². The third-order valence-electron chi connectivity index (χ3n) is 3.32. The Morgan fingerprint density at radius 2 is 1.75 bits per heavy atom. The summed E-state index contributed by atoms with van der Waals surface area (Å²) in [5, 5.41) is 21.0. The van der Waals surface area contributed by atoms with Crippen molar-refractivity contribution < 1.29 is 19.8 Å². The van der Waals surface area contributed by atoms with Crippen molar-refractivity contribution in [3.8, 4) is 0 Å². The van der Waals surface area contributed by atoms with Gasteiger partial charge in [0.1, 0.15) is 0 Å². The van der Waals surface area contributed by atoms with Gasteiger partial charge in [-0.05, 0) is 25.3 Å². The van der Waals surface area contributed by atoms with Gasteiger partial charge in [0.2, 0.25) is 5.78 Å². The zero-order valence-corrected chi connectivity index (χ0v) is 12.5. The van der Waals surface area contributed by atoms with Gasteiger partial charge in [0.15, 0.2) is 5.78 Å². The number of hydrogen-bond acceptors (Lipinski definition) is 6. The molecule has 0 saturated carbocycles. The van der Waals surface area contributed by atoms with Crippen LogP contribution in [0.4, 0.5) is 0 Å². The van der Waals surface area contributed by atoms with Crippen LogP contribution in [0.15, 0.2) is 11.4 Å². The highest BCUT2D eigenvalue weighted by Crippen LogP contribution is 2.40. The van der Waals surface area contributed by atoms with E-state index in [0.717, 1.165) is 11.3 Å². The second kappa shape index (κ2) is 4.60. The molecule has 104 valence electrons. The van der Waals surface area contributed by atoms with Crippen LogP contribution >= 0.6 is 22.7 Å². The zero-order valence-electron chi connectivity index (χ0n) is 10.8. The van der Waals surface area contributed by atoms with Gasteiger partial charge >= 0.3 is 0 Å².